The fraction of sp³-hybridized carbons (Fsp3) is 0.667. The number of aromatic nitrogens is 1. The lowest BCUT2D eigenvalue weighted by Gasteiger charge is -2.31. The highest BCUT2D eigenvalue weighted by molar-refractivity contribution is 5.13. The van der Waals surface area contributed by atoms with Crippen LogP contribution in [0, 0.1) is 0 Å². The Morgan fingerprint density at radius 1 is 1.06 bits per heavy atom. The molecular weight excluding hydrogens is 222 g/mol. The van der Waals surface area contributed by atoms with Crippen molar-refractivity contribution in [2.24, 2.45) is 0 Å². The average molecular weight is 249 g/mol. The first-order valence-corrected chi connectivity index (χ1v) is 6.91. The van der Waals surface area contributed by atoms with Gasteiger partial charge < -0.3 is 5.32 Å². The maximum atomic E-state index is 4.05. The molecule has 3 heteroatoms. The van der Waals surface area contributed by atoms with Crippen LogP contribution in [0.5, 0.6) is 0 Å². The Bertz CT molecular complexity index is 314. The van der Waals surface area contributed by atoms with Crippen LogP contribution in [0.2, 0.25) is 0 Å². The lowest BCUT2D eigenvalue weighted by molar-refractivity contribution is 0.174. The van der Waals surface area contributed by atoms with Crippen LogP contribution in [0.25, 0.3) is 0 Å². The van der Waals surface area contributed by atoms with Crippen molar-refractivity contribution >= 4 is 0 Å². The Labute approximate surface area is 112 Å². The van der Waals surface area contributed by atoms with Gasteiger partial charge in [-0.1, -0.05) is 0 Å². The molecule has 3 nitrogen and oxygen atoms in total. The molecule has 0 aliphatic rings. The number of hydrogen-bond donors (Lipinski definition) is 1. The van der Waals surface area contributed by atoms with Crippen molar-refractivity contribution < 1.29 is 0 Å². The fourth-order valence-electron chi connectivity index (χ4n) is 2.29. The van der Waals surface area contributed by atoms with Gasteiger partial charge in [0.15, 0.2) is 0 Å². The largest absolute Gasteiger partial charge is 0.309 e. The van der Waals surface area contributed by atoms with Gasteiger partial charge in [0.2, 0.25) is 0 Å². The third kappa shape index (κ3) is 4.75. The Balaban J connectivity index is 2.37. The molecule has 0 radical (unpaired) electrons. The van der Waals surface area contributed by atoms with Gasteiger partial charge in [-0.2, -0.15) is 0 Å². The Kier molecular flexibility index (Phi) is 6.30. The Morgan fingerprint density at radius 2 is 1.61 bits per heavy atom. The van der Waals surface area contributed by atoms with Crippen molar-refractivity contribution in [1.29, 1.82) is 0 Å². The molecule has 1 N–H and O–H groups in total. The minimum absolute atomic E-state index is 0.383. The summed E-state index contributed by atoms with van der Waals surface area (Å²) in [4.78, 5) is 6.55. The third-order valence-corrected chi connectivity index (χ3v) is 3.35. The fourth-order valence-corrected chi connectivity index (χ4v) is 2.29. The number of hydrogen-bond acceptors (Lipinski definition) is 3. The molecule has 0 aromatic carbocycles. The van der Waals surface area contributed by atoms with Gasteiger partial charge in [-0.3, -0.25) is 9.88 Å². The summed E-state index contributed by atoms with van der Waals surface area (Å²) in [6.07, 6.45) is 3.70. The summed E-state index contributed by atoms with van der Waals surface area (Å²) in [5, 5.41) is 3.57. The van der Waals surface area contributed by atoms with Crippen LogP contribution in [-0.2, 0) is 0 Å². The predicted octanol–water partition coefficient (Wildman–Crippen LogP) is 2.85. The van der Waals surface area contributed by atoms with E-state index < -0.39 is 0 Å². The highest BCUT2D eigenvalue weighted by atomic mass is 15.2. The predicted molar refractivity (Wildman–Crippen MR) is 77.6 cm³/mol. The van der Waals surface area contributed by atoms with Crippen LogP contribution in [0.3, 0.4) is 0 Å². The van der Waals surface area contributed by atoms with Gasteiger partial charge >= 0.3 is 0 Å². The molecule has 1 atom stereocenters. The van der Waals surface area contributed by atoms with E-state index in [1.807, 2.05) is 12.4 Å². The van der Waals surface area contributed by atoms with Crippen molar-refractivity contribution in [3.05, 3.63) is 30.1 Å². The van der Waals surface area contributed by atoms with Crippen molar-refractivity contribution in [3.8, 4) is 0 Å². The van der Waals surface area contributed by atoms with Crippen LogP contribution in [0.15, 0.2) is 24.5 Å². The maximum absolute atomic E-state index is 4.05. The van der Waals surface area contributed by atoms with E-state index in [1.165, 1.54) is 5.56 Å². The minimum atomic E-state index is 0.383. The monoisotopic (exact) mass is 249 g/mol. The van der Waals surface area contributed by atoms with Gasteiger partial charge in [-0.15, -0.1) is 0 Å². The topological polar surface area (TPSA) is 28.2 Å². The number of nitrogens with one attached hydrogen (secondary N) is 1. The summed E-state index contributed by atoms with van der Waals surface area (Å²) < 4.78 is 0. The molecule has 102 valence electrons. The van der Waals surface area contributed by atoms with Gasteiger partial charge in [-0.05, 0) is 52.3 Å². The van der Waals surface area contributed by atoms with E-state index in [0.717, 1.165) is 13.1 Å². The zero-order valence-electron chi connectivity index (χ0n) is 12.4. The molecular formula is C15H27N3. The van der Waals surface area contributed by atoms with E-state index in [4.69, 9.17) is 0 Å². The Morgan fingerprint density at radius 3 is 2.11 bits per heavy atom. The van der Waals surface area contributed by atoms with Crippen LogP contribution in [0.4, 0.5) is 0 Å². The quantitative estimate of drug-likeness (QED) is 0.805. The van der Waals surface area contributed by atoms with E-state index in [2.05, 4.69) is 62.0 Å². The zero-order chi connectivity index (χ0) is 13.5. The summed E-state index contributed by atoms with van der Waals surface area (Å²) in [7, 11) is 0. The van der Waals surface area contributed by atoms with Crippen molar-refractivity contribution in [2.75, 3.05) is 13.1 Å². The van der Waals surface area contributed by atoms with Crippen LogP contribution >= 0.6 is 0 Å². The molecule has 1 rings (SSSR count). The van der Waals surface area contributed by atoms with Gasteiger partial charge in [0, 0.05) is 43.6 Å². The number of rotatable bonds is 7. The molecule has 1 aromatic rings. The third-order valence-electron chi connectivity index (χ3n) is 3.35. The normalized spacial score (nSPS) is 13.6. The average Bonchev–Trinajstić information content (AvgIpc) is 2.34. The molecule has 0 amide bonds. The van der Waals surface area contributed by atoms with Crippen LogP contribution in [0.1, 0.15) is 46.2 Å². The standard InChI is InChI=1S/C15H27N3/c1-12(2)18(13(3)4)11-10-17-14(5)15-6-8-16-9-7-15/h6-9,12-14,17H,10-11H2,1-5H3. The molecule has 0 aliphatic carbocycles. The highest BCUT2D eigenvalue weighted by Gasteiger charge is 2.13. The van der Waals surface area contributed by atoms with Gasteiger partial charge in [0.1, 0.15) is 0 Å². The first-order valence-electron chi connectivity index (χ1n) is 6.91. The van der Waals surface area contributed by atoms with Gasteiger partial charge in [-0.25, -0.2) is 0 Å². The first kappa shape index (κ1) is 15.1. The minimum Gasteiger partial charge on any atom is -0.309 e. The van der Waals surface area contributed by atoms with E-state index in [-0.39, 0.29) is 0 Å². The SMILES string of the molecule is CC(NCCN(C(C)C)C(C)C)c1ccncc1. The Hall–Kier alpha value is -0.930. The van der Waals surface area contributed by atoms with Crippen molar-refractivity contribution in [3.63, 3.8) is 0 Å². The summed E-state index contributed by atoms with van der Waals surface area (Å²) in [5.74, 6) is 0. The van der Waals surface area contributed by atoms with E-state index >= 15 is 0 Å². The molecule has 0 spiro atoms. The molecule has 0 aliphatic heterocycles. The second kappa shape index (κ2) is 7.49. The molecule has 1 unspecified atom stereocenters. The molecule has 0 saturated heterocycles. The second-order valence-electron chi connectivity index (χ2n) is 5.38. The molecule has 18 heavy (non-hydrogen) atoms. The smallest absolute Gasteiger partial charge is 0.0293 e. The second-order valence-corrected chi connectivity index (χ2v) is 5.38. The molecule has 0 bridgehead atoms. The van der Waals surface area contributed by atoms with Gasteiger partial charge in [0.05, 0.1) is 0 Å². The molecule has 1 aromatic heterocycles. The summed E-state index contributed by atoms with van der Waals surface area (Å²) >= 11 is 0. The first-order chi connectivity index (χ1) is 8.52. The summed E-state index contributed by atoms with van der Waals surface area (Å²) in [6.45, 7) is 13.3. The number of pyridine rings is 1. The number of nitrogens with zero attached hydrogens (tertiary/aromatic N) is 2. The summed E-state index contributed by atoms with van der Waals surface area (Å²) in [5.41, 5.74) is 1.30. The zero-order valence-corrected chi connectivity index (χ0v) is 12.4. The molecule has 0 fully saturated rings. The van der Waals surface area contributed by atoms with Crippen LogP contribution < -0.4 is 5.32 Å². The lowest BCUT2D eigenvalue weighted by Crippen LogP contribution is -2.41. The molecule has 1 heterocycles. The van der Waals surface area contributed by atoms with E-state index in [1.54, 1.807) is 0 Å². The highest BCUT2D eigenvalue weighted by Crippen LogP contribution is 2.10. The maximum Gasteiger partial charge on any atom is 0.0293 e. The van der Waals surface area contributed by atoms with Gasteiger partial charge in [0.25, 0.3) is 0 Å². The molecule has 0 saturated carbocycles. The van der Waals surface area contributed by atoms with E-state index in [9.17, 15) is 0 Å². The van der Waals surface area contributed by atoms with E-state index in [0.29, 0.717) is 18.1 Å². The van der Waals surface area contributed by atoms with Crippen molar-refractivity contribution in [1.82, 2.24) is 15.2 Å². The van der Waals surface area contributed by atoms with Crippen LogP contribution in [-0.4, -0.2) is 35.1 Å². The van der Waals surface area contributed by atoms with Crippen molar-refractivity contribution in [2.45, 2.75) is 52.7 Å². The summed E-state index contributed by atoms with van der Waals surface area (Å²) in [6, 6.07) is 5.72. The lowest BCUT2D eigenvalue weighted by atomic mass is 10.1.